The minimum absolute atomic E-state index is 0.0202. The highest BCUT2D eigenvalue weighted by Crippen LogP contribution is 2.31. The zero-order valence-corrected chi connectivity index (χ0v) is 62.1. The fourth-order valence-electron chi connectivity index (χ4n) is 12.7. The predicted octanol–water partition coefficient (Wildman–Crippen LogP) is 7.64. The van der Waals surface area contributed by atoms with Gasteiger partial charge < -0.3 is 49.5 Å². The number of carbonyl (C=O) groups excluding carboxylic acids is 12. The summed E-state index contributed by atoms with van der Waals surface area (Å²) in [4.78, 5) is 186. The number of hydrogen-bond acceptors (Lipinski definition) is 14. The van der Waals surface area contributed by atoms with Gasteiger partial charge in [-0.1, -0.05) is 116 Å². The molecule has 22 heteroatoms. The Kier molecular flexibility index (Phi) is 34.6. The summed E-state index contributed by atoms with van der Waals surface area (Å²) in [5, 5.41) is 13.7. The third-order valence-electron chi connectivity index (χ3n) is 18.8. The van der Waals surface area contributed by atoms with E-state index < -0.39 is 160 Å². The van der Waals surface area contributed by atoms with E-state index in [-0.39, 0.29) is 93.5 Å². The van der Waals surface area contributed by atoms with Crippen LogP contribution >= 0.6 is 0 Å². The number of amides is 8. The smallest absolute Gasteiger partial charge is 0.303 e. The Morgan fingerprint density at radius 1 is 0.548 bits per heavy atom. The zero-order chi connectivity index (χ0) is 72.3. The highest BCUT2D eigenvalue weighted by molar-refractivity contribution is 6.00. The largest absolute Gasteiger partial charge is 0.459 e. The first kappa shape index (κ1) is 85.0. The van der Waals surface area contributed by atoms with Crippen molar-refractivity contribution in [1.82, 2.24) is 39.6 Å². The van der Waals surface area contributed by atoms with Crippen LogP contribution in [0.4, 0.5) is 0 Å². The number of rotatable bonds is 18. The number of nitrogens with one attached hydrogen (secondary N) is 1. The average molecular weight is 1310 g/mol. The van der Waals surface area contributed by atoms with Crippen molar-refractivity contribution in [2.75, 3.05) is 49.3 Å². The van der Waals surface area contributed by atoms with E-state index in [1.807, 2.05) is 47.6 Å². The number of esters is 1. The molecule has 0 aromatic rings. The fourth-order valence-corrected chi connectivity index (χ4v) is 12.7. The molecule has 0 aromatic carbocycles. The summed E-state index contributed by atoms with van der Waals surface area (Å²) in [5.41, 5.74) is -1.15. The van der Waals surface area contributed by atoms with E-state index in [9.17, 15) is 38.7 Å². The quantitative estimate of drug-likeness (QED) is 0.0987. The summed E-state index contributed by atoms with van der Waals surface area (Å²) in [6.07, 6.45) is 2.74. The number of Topliss-reactive ketones (excluding diaryl/α,β-unsaturated/α-hetero) is 3. The van der Waals surface area contributed by atoms with E-state index in [4.69, 9.17) is 4.74 Å². The minimum atomic E-state index is -1.62. The highest BCUT2D eigenvalue weighted by Gasteiger charge is 2.47. The van der Waals surface area contributed by atoms with E-state index in [0.29, 0.717) is 0 Å². The number of ketones is 3. The summed E-state index contributed by atoms with van der Waals surface area (Å²) in [7, 11) is 10.1. The van der Waals surface area contributed by atoms with Crippen LogP contribution in [0.3, 0.4) is 0 Å². The molecule has 0 aliphatic carbocycles. The van der Waals surface area contributed by atoms with Crippen molar-refractivity contribution in [1.29, 1.82) is 0 Å². The summed E-state index contributed by atoms with van der Waals surface area (Å²) in [6.45, 7) is 34.4. The monoisotopic (exact) mass is 1310 g/mol. The maximum absolute atomic E-state index is 15.5. The number of allylic oxidation sites excluding steroid dienone is 2. The topological polar surface area (TPSA) is 269 Å². The Morgan fingerprint density at radius 3 is 1.45 bits per heavy atom. The first-order valence-corrected chi connectivity index (χ1v) is 34.0. The van der Waals surface area contributed by atoms with E-state index >= 15 is 24.0 Å². The third kappa shape index (κ3) is 24.3. The van der Waals surface area contributed by atoms with Gasteiger partial charge in [0.15, 0.2) is 11.6 Å². The molecular formula is C71H124N8O14. The molecule has 1 heterocycles. The second-order valence-corrected chi connectivity index (χ2v) is 29.7. The molecule has 1 aliphatic heterocycles. The van der Waals surface area contributed by atoms with Gasteiger partial charge in [-0.2, -0.15) is 0 Å². The molecule has 0 radical (unpaired) electrons. The van der Waals surface area contributed by atoms with Crippen molar-refractivity contribution in [3.63, 3.8) is 0 Å². The Labute approximate surface area is 558 Å². The van der Waals surface area contributed by atoms with Gasteiger partial charge in [0, 0.05) is 93.3 Å². The SMILES string of the molecule is C/C=C/C[C@@H](C)[C@@H](OC(C)=O)[C@H]1C(=O)N[C@@H](CC)C(=O)N(C)[C@H](C)C(=O)N(C)[C@@H]([C@H](C)CCC(C)(C)O)C(=O)C[C@@H](C(C)C)C(=O)N(C)[C@@H](CC(C)C)C(=O)C[C@@H](C)C(=O)C[C@H](C)C(=O)N(C)[C@@H](CC(C)C)C(=O)N(C)[C@@H](CC(C)C)C(=O)N(C)[C@@H](C(C)C)C(=O)N1C. The van der Waals surface area contributed by atoms with Crippen LogP contribution in [0, 0.1) is 59.2 Å². The molecule has 0 spiro atoms. The first-order chi connectivity index (χ1) is 42.7. The maximum Gasteiger partial charge on any atom is 0.303 e. The van der Waals surface area contributed by atoms with Crippen molar-refractivity contribution >= 4 is 70.6 Å². The number of hydrogen-bond donors (Lipinski definition) is 2. The van der Waals surface area contributed by atoms with Gasteiger partial charge in [0.05, 0.1) is 17.7 Å². The van der Waals surface area contributed by atoms with Crippen molar-refractivity contribution in [3.8, 4) is 0 Å². The summed E-state index contributed by atoms with van der Waals surface area (Å²) in [6, 6.07) is -9.97. The van der Waals surface area contributed by atoms with Gasteiger partial charge in [-0.25, -0.2) is 0 Å². The van der Waals surface area contributed by atoms with Crippen LogP contribution in [-0.4, -0.2) is 219 Å². The Bertz CT molecular complexity index is 2600. The molecule has 0 aromatic heterocycles. The van der Waals surface area contributed by atoms with Crippen molar-refractivity contribution in [2.24, 2.45) is 59.2 Å². The van der Waals surface area contributed by atoms with Crippen molar-refractivity contribution in [2.45, 2.75) is 263 Å². The average Bonchev–Trinajstić information content (AvgIpc) is 0.828. The Hall–Kier alpha value is -6.06. The van der Waals surface area contributed by atoms with Crippen LogP contribution in [0.5, 0.6) is 0 Å². The third-order valence-corrected chi connectivity index (χ3v) is 18.8. The second-order valence-electron chi connectivity index (χ2n) is 29.7. The predicted molar refractivity (Wildman–Crippen MR) is 361 cm³/mol. The molecule has 22 nitrogen and oxygen atoms in total. The number of carbonyl (C=O) groups is 12. The fraction of sp³-hybridized carbons (Fsp3) is 0.803. The van der Waals surface area contributed by atoms with Gasteiger partial charge in [-0.15, -0.1) is 0 Å². The van der Waals surface area contributed by atoms with Crippen LogP contribution in [0.1, 0.15) is 203 Å². The molecule has 0 unspecified atom stereocenters. The van der Waals surface area contributed by atoms with E-state index in [1.54, 1.807) is 89.2 Å². The van der Waals surface area contributed by atoms with Gasteiger partial charge in [0.2, 0.25) is 47.3 Å². The molecule has 0 bridgehead atoms. The second kappa shape index (κ2) is 37.9. The lowest BCUT2D eigenvalue weighted by Gasteiger charge is -2.42. The standard InChI is InChI=1S/C71H124N8O14/c1-28-30-31-46(14)62(93-50(18)80)61-63(84)72-52(29-2)67(88)73(21)49(17)65(86)78(26)60(45(13)32-33-71(19,20)92)58(83)39-51(43(9)10)66(87)74(22)53(34-40(3)4)57(82)37-47(15)56(81)38-48(16)64(85)75(23)54(35-41(5)6)68(89)76(24)55(36-42(7)8)69(90)77(25)59(44(11)12)70(91)79(61)27/h28,30,40-49,51-55,59-62,92H,29,31-39H2,1-27H3,(H,72,84)/b30-28+/t45-,46-,47-,48+,49-,51+,52+,53+,54+,55+,59+,60+,61+,62-/m1/s1. The normalized spacial score (nSPS) is 27.1. The van der Waals surface area contributed by atoms with Crippen LogP contribution in [0.15, 0.2) is 12.2 Å². The molecule has 1 fully saturated rings. The van der Waals surface area contributed by atoms with Gasteiger partial charge in [0.25, 0.3) is 0 Å². The number of likely N-dealkylation sites (N-methyl/N-ethyl adjacent to an activating group) is 7. The molecule has 2 N–H and O–H groups in total. The molecule has 1 aliphatic rings. The van der Waals surface area contributed by atoms with E-state index in [1.165, 1.54) is 87.7 Å². The van der Waals surface area contributed by atoms with Gasteiger partial charge in [0.1, 0.15) is 48.1 Å². The van der Waals surface area contributed by atoms with Gasteiger partial charge in [-0.05, 0) is 114 Å². The molecule has 14 atom stereocenters. The Balaban J connectivity index is 4.57. The molecule has 1 saturated heterocycles. The van der Waals surface area contributed by atoms with Crippen LogP contribution < -0.4 is 5.32 Å². The van der Waals surface area contributed by atoms with Crippen LogP contribution in [0.2, 0.25) is 0 Å². The first-order valence-electron chi connectivity index (χ1n) is 34.0. The maximum atomic E-state index is 15.5. The zero-order valence-electron chi connectivity index (χ0n) is 62.1. The summed E-state index contributed by atoms with van der Waals surface area (Å²) < 4.78 is 5.97. The van der Waals surface area contributed by atoms with Crippen LogP contribution in [0.25, 0.3) is 0 Å². The van der Waals surface area contributed by atoms with E-state index in [0.717, 1.165) is 9.80 Å². The molecule has 8 amide bonds. The number of aliphatic hydroxyl groups is 1. The molecule has 93 heavy (non-hydrogen) atoms. The van der Waals surface area contributed by atoms with Gasteiger partial charge in [-0.3, -0.25) is 57.5 Å². The van der Waals surface area contributed by atoms with Crippen LogP contribution in [-0.2, 0) is 62.3 Å². The summed E-state index contributed by atoms with van der Waals surface area (Å²) in [5.74, 6) is -12.6. The lowest BCUT2D eigenvalue weighted by atomic mass is 9.82. The van der Waals surface area contributed by atoms with E-state index in [2.05, 4.69) is 5.32 Å². The molecule has 0 saturated carbocycles. The van der Waals surface area contributed by atoms with Gasteiger partial charge >= 0.3 is 5.97 Å². The lowest BCUT2D eigenvalue weighted by molar-refractivity contribution is -0.164. The number of ether oxygens (including phenoxy) is 1. The highest BCUT2D eigenvalue weighted by atomic mass is 16.5. The minimum Gasteiger partial charge on any atom is -0.459 e. The summed E-state index contributed by atoms with van der Waals surface area (Å²) >= 11 is 0. The lowest BCUT2D eigenvalue weighted by Crippen LogP contribution is -2.64. The van der Waals surface area contributed by atoms with Crippen molar-refractivity contribution in [3.05, 3.63) is 12.2 Å². The number of nitrogens with zero attached hydrogens (tertiary/aromatic N) is 7. The molecular weight excluding hydrogens is 1190 g/mol. The van der Waals surface area contributed by atoms with Crippen molar-refractivity contribution < 1.29 is 67.4 Å². The molecule has 532 valence electrons. The molecule has 1 rings (SSSR count). The Morgan fingerprint density at radius 2 is 1.00 bits per heavy atom.